The van der Waals surface area contributed by atoms with E-state index in [2.05, 4.69) is 10.5 Å². The molecule has 5 heteroatoms. The maximum absolute atomic E-state index is 11.9. The number of carbonyl (C=O) groups is 1. The van der Waals surface area contributed by atoms with Crippen molar-refractivity contribution >= 4 is 12.1 Å². The van der Waals surface area contributed by atoms with Gasteiger partial charge in [0.2, 0.25) is 0 Å². The largest absolute Gasteiger partial charge is 0.497 e. The Bertz CT molecular complexity index is 627. The molecular weight excluding hydrogens is 256 g/mol. The molecular formula is C15H16N2O3. The van der Waals surface area contributed by atoms with E-state index in [0.717, 1.165) is 11.3 Å². The van der Waals surface area contributed by atoms with E-state index in [1.165, 1.54) is 0 Å². The summed E-state index contributed by atoms with van der Waals surface area (Å²) in [4.78, 5) is 11.9. The van der Waals surface area contributed by atoms with Crippen LogP contribution in [0.2, 0.25) is 0 Å². The topological polar surface area (TPSA) is 63.8 Å². The molecule has 1 amide bonds. The second-order valence-corrected chi connectivity index (χ2v) is 4.30. The summed E-state index contributed by atoms with van der Waals surface area (Å²) >= 11 is 0. The van der Waals surface area contributed by atoms with Crippen molar-refractivity contribution in [3.8, 4) is 5.75 Å². The minimum atomic E-state index is -0.288. The number of carbonyl (C=O) groups excluding carboxylic acids is 1. The fourth-order valence-corrected chi connectivity index (χ4v) is 1.77. The van der Waals surface area contributed by atoms with Gasteiger partial charge in [-0.25, -0.2) is 5.43 Å². The standard InChI is InChI=1S/C15H16N2O3/c1-10-8-14(11(2)20-10)15(18)17-16-9-12-4-6-13(19-3)7-5-12/h4-9H,1-3H3,(H,17,18)/b16-9-. The summed E-state index contributed by atoms with van der Waals surface area (Å²) in [6.07, 6.45) is 1.57. The summed E-state index contributed by atoms with van der Waals surface area (Å²) in [6.45, 7) is 3.54. The van der Waals surface area contributed by atoms with E-state index >= 15 is 0 Å². The van der Waals surface area contributed by atoms with Crippen LogP contribution >= 0.6 is 0 Å². The molecule has 0 spiro atoms. The van der Waals surface area contributed by atoms with E-state index in [0.29, 0.717) is 17.1 Å². The number of nitrogens with one attached hydrogen (secondary N) is 1. The lowest BCUT2D eigenvalue weighted by Gasteiger charge is -1.99. The Balaban J connectivity index is 1.98. The number of ether oxygens (including phenoxy) is 1. The average molecular weight is 272 g/mol. The van der Waals surface area contributed by atoms with Crippen LogP contribution in [0.25, 0.3) is 0 Å². The van der Waals surface area contributed by atoms with Gasteiger partial charge in [-0.1, -0.05) is 0 Å². The highest BCUT2D eigenvalue weighted by Gasteiger charge is 2.12. The zero-order chi connectivity index (χ0) is 14.5. The van der Waals surface area contributed by atoms with E-state index in [4.69, 9.17) is 9.15 Å². The molecule has 0 radical (unpaired) electrons. The van der Waals surface area contributed by atoms with Crippen LogP contribution in [0, 0.1) is 13.8 Å². The smallest absolute Gasteiger partial charge is 0.274 e. The molecule has 0 aliphatic rings. The molecule has 20 heavy (non-hydrogen) atoms. The molecule has 0 saturated heterocycles. The zero-order valence-corrected chi connectivity index (χ0v) is 11.6. The average Bonchev–Trinajstić information content (AvgIpc) is 2.78. The Morgan fingerprint density at radius 2 is 2.00 bits per heavy atom. The summed E-state index contributed by atoms with van der Waals surface area (Å²) in [5.41, 5.74) is 3.83. The highest BCUT2D eigenvalue weighted by molar-refractivity contribution is 5.95. The van der Waals surface area contributed by atoms with Crippen molar-refractivity contribution in [2.24, 2.45) is 5.10 Å². The van der Waals surface area contributed by atoms with Crippen molar-refractivity contribution in [3.63, 3.8) is 0 Å². The Labute approximate surface area is 117 Å². The predicted molar refractivity (Wildman–Crippen MR) is 76.2 cm³/mol. The molecule has 0 bridgehead atoms. The number of methoxy groups -OCH3 is 1. The van der Waals surface area contributed by atoms with Gasteiger partial charge in [-0.2, -0.15) is 5.10 Å². The van der Waals surface area contributed by atoms with Gasteiger partial charge in [0.1, 0.15) is 17.3 Å². The van der Waals surface area contributed by atoms with Gasteiger partial charge in [0, 0.05) is 0 Å². The van der Waals surface area contributed by atoms with Gasteiger partial charge in [-0.05, 0) is 49.7 Å². The van der Waals surface area contributed by atoms with Crippen molar-refractivity contribution in [2.75, 3.05) is 7.11 Å². The Morgan fingerprint density at radius 3 is 2.55 bits per heavy atom. The van der Waals surface area contributed by atoms with Gasteiger partial charge >= 0.3 is 0 Å². The molecule has 0 fully saturated rings. The van der Waals surface area contributed by atoms with Crippen LogP contribution in [0.1, 0.15) is 27.4 Å². The normalized spacial score (nSPS) is 10.8. The van der Waals surface area contributed by atoms with Crippen LogP contribution in [-0.2, 0) is 0 Å². The maximum Gasteiger partial charge on any atom is 0.274 e. The van der Waals surface area contributed by atoms with Gasteiger partial charge in [-0.3, -0.25) is 4.79 Å². The second-order valence-electron chi connectivity index (χ2n) is 4.30. The third-order valence-corrected chi connectivity index (χ3v) is 2.78. The molecule has 5 nitrogen and oxygen atoms in total. The molecule has 0 unspecified atom stereocenters. The van der Waals surface area contributed by atoms with E-state index in [1.807, 2.05) is 24.3 Å². The first-order valence-corrected chi connectivity index (χ1v) is 6.14. The van der Waals surface area contributed by atoms with Gasteiger partial charge < -0.3 is 9.15 Å². The molecule has 1 heterocycles. The SMILES string of the molecule is COc1ccc(/C=N\NC(=O)c2cc(C)oc2C)cc1. The molecule has 1 aromatic heterocycles. The summed E-state index contributed by atoms with van der Waals surface area (Å²) in [5.74, 6) is 1.77. The Hall–Kier alpha value is -2.56. The van der Waals surface area contributed by atoms with Crippen LogP contribution in [0.3, 0.4) is 0 Å². The quantitative estimate of drug-likeness (QED) is 0.687. The predicted octanol–water partition coefficient (Wildman–Crippen LogP) is 2.67. The number of hydrazone groups is 1. The van der Waals surface area contributed by atoms with Crippen LogP contribution < -0.4 is 10.2 Å². The number of aryl methyl sites for hydroxylation is 2. The number of hydrogen-bond donors (Lipinski definition) is 1. The van der Waals surface area contributed by atoms with Gasteiger partial charge in [0.25, 0.3) is 5.91 Å². The number of amides is 1. The van der Waals surface area contributed by atoms with Crippen molar-refractivity contribution in [3.05, 3.63) is 53.0 Å². The van der Waals surface area contributed by atoms with Crippen molar-refractivity contribution < 1.29 is 13.9 Å². The first kappa shape index (κ1) is 13.9. The maximum atomic E-state index is 11.9. The van der Waals surface area contributed by atoms with E-state index in [-0.39, 0.29) is 5.91 Å². The minimum absolute atomic E-state index is 0.288. The molecule has 0 aliphatic heterocycles. The summed E-state index contributed by atoms with van der Waals surface area (Å²) in [5, 5.41) is 3.92. The fraction of sp³-hybridized carbons (Fsp3) is 0.200. The lowest BCUT2D eigenvalue weighted by molar-refractivity contribution is 0.0953. The van der Waals surface area contributed by atoms with Crippen LogP contribution in [0.15, 0.2) is 39.9 Å². The van der Waals surface area contributed by atoms with Crippen LogP contribution in [0.4, 0.5) is 0 Å². The molecule has 0 atom stereocenters. The summed E-state index contributed by atoms with van der Waals surface area (Å²) in [7, 11) is 1.61. The third kappa shape index (κ3) is 3.26. The highest BCUT2D eigenvalue weighted by Crippen LogP contribution is 2.13. The number of nitrogens with zero attached hydrogens (tertiary/aromatic N) is 1. The van der Waals surface area contributed by atoms with Crippen molar-refractivity contribution in [2.45, 2.75) is 13.8 Å². The molecule has 0 aliphatic carbocycles. The third-order valence-electron chi connectivity index (χ3n) is 2.78. The van der Waals surface area contributed by atoms with Crippen molar-refractivity contribution in [1.82, 2.24) is 5.43 Å². The first-order chi connectivity index (χ1) is 9.60. The summed E-state index contributed by atoms with van der Waals surface area (Å²) in [6, 6.07) is 9.04. The lowest BCUT2D eigenvalue weighted by Crippen LogP contribution is -2.17. The summed E-state index contributed by atoms with van der Waals surface area (Å²) < 4.78 is 10.4. The molecule has 2 aromatic rings. The molecule has 2 rings (SSSR count). The van der Waals surface area contributed by atoms with Gasteiger partial charge in [-0.15, -0.1) is 0 Å². The molecule has 104 valence electrons. The lowest BCUT2D eigenvalue weighted by atomic mass is 10.2. The number of benzene rings is 1. The monoisotopic (exact) mass is 272 g/mol. The highest BCUT2D eigenvalue weighted by atomic mass is 16.5. The minimum Gasteiger partial charge on any atom is -0.497 e. The molecule has 0 saturated carbocycles. The number of furan rings is 1. The van der Waals surface area contributed by atoms with Crippen molar-refractivity contribution in [1.29, 1.82) is 0 Å². The second kappa shape index (κ2) is 6.06. The van der Waals surface area contributed by atoms with E-state index in [9.17, 15) is 4.79 Å². The molecule has 1 aromatic carbocycles. The zero-order valence-electron chi connectivity index (χ0n) is 11.6. The van der Waals surface area contributed by atoms with E-state index < -0.39 is 0 Å². The van der Waals surface area contributed by atoms with Crippen LogP contribution in [0.5, 0.6) is 5.75 Å². The molecule has 1 N–H and O–H groups in total. The van der Waals surface area contributed by atoms with Gasteiger partial charge in [0.15, 0.2) is 0 Å². The fourth-order valence-electron chi connectivity index (χ4n) is 1.77. The Morgan fingerprint density at radius 1 is 1.30 bits per heavy atom. The first-order valence-electron chi connectivity index (χ1n) is 6.14. The Kier molecular flexibility index (Phi) is 4.20. The van der Waals surface area contributed by atoms with Crippen LogP contribution in [-0.4, -0.2) is 19.2 Å². The van der Waals surface area contributed by atoms with Gasteiger partial charge in [0.05, 0.1) is 18.9 Å². The van der Waals surface area contributed by atoms with E-state index in [1.54, 1.807) is 33.2 Å². The number of rotatable bonds is 4. The number of hydrogen-bond acceptors (Lipinski definition) is 4.